The molecule has 0 saturated heterocycles. The van der Waals surface area contributed by atoms with E-state index in [1.807, 2.05) is 11.3 Å². The highest BCUT2D eigenvalue weighted by molar-refractivity contribution is 9.10. The molecule has 0 radical (unpaired) electrons. The van der Waals surface area contributed by atoms with Crippen LogP contribution in [0.5, 0.6) is 0 Å². The van der Waals surface area contributed by atoms with Crippen LogP contribution in [0, 0.1) is 5.92 Å². The fourth-order valence-electron chi connectivity index (χ4n) is 2.81. The van der Waals surface area contributed by atoms with Gasteiger partial charge in [0, 0.05) is 15.2 Å². The summed E-state index contributed by atoms with van der Waals surface area (Å²) in [5.74, 6) is 0.835. The van der Waals surface area contributed by atoms with Gasteiger partial charge in [0.2, 0.25) is 0 Å². The molecule has 1 aromatic heterocycles. The fraction of sp³-hybridized carbons (Fsp3) is 0.467. The Balaban J connectivity index is 2.03. The molecule has 1 nitrogen and oxygen atoms in total. The molecular weight excluding hydrogens is 306 g/mol. The van der Waals surface area contributed by atoms with Gasteiger partial charge in [-0.05, 0) is 63.6 Å². The van der Waals surface area contributed by atoms with Crippen molar-refractivity contribution >= 4 is 37.4 Å². The largest absolute Gasteiger partial charge is 0.310 e. The van der Waals surface area contributed by atoms with Gasteiger partial charge in [0.25, 0.3) is 0 Å². The Morgan fingerprint density at radius 3 is 2.94 bits per heavy atom. The van der Waals surface area contributed by atoms with Crippen molar-refractivity contribution in [3.8, 4) is 0 Å². The third kappa shape index (κ3) is 2.13. The van der Waals surface area contributed by atoms with Crippen LogP contribution >= 0.6 is 27.3 Å². The molecule has 1 aliphatic rings. The van der Waals surface area contributed by atoms with E-state index in [9.17, 15) is 0 Å². The van der Waals surface area contributed by atoms with E-state index in [0.29, 0.717) is 6.04 Å². The average Bonchev–Trinajstić information content (AvgIpc) is 2.71. The molecule has 18 heavy (non-hydrogen) atoms. The van der Waals surface area contributed by atoms with E-state index in [0.717, 1.165) is 12.5 Å². The summed E-state index contributed by atoms with van der Waals surface area (Å²) in [7, 11) is 0. The normalized spacial score (nSPS) is 17.9. The van der Waals surface area contributed by atoms with Gasteiger partial charge >= 0.3 is 0 Å². The lowest BCUT2D eigenvalue weighted by atomic mass is 9.77. The van der Waals surface area contributed by atoms with Gasteiger partial charge < -0.3 is 5.32 Å². The highest BCUT2D eigenvalue weighted by Gasteiger charge is 2.29. The van der Waals surface area contributed by atoms with Crippen LogP contribution in [0.15, 0.2) is 28.1 Å². The van der Waals surface area contributed by atoms with Crippen LogP contribution in [0.2, 0.25) is 0 Å². The maximum atomic E-state index is 3.69. The van der Waals surface area contributed by atoms with Crippen molar-refractivity contribution in [3.63, 3.8) is 0 Å². The van der Waals surface area contributed by atoms with Crippen LogP contribution in [0.4, 0.5) is 0 Å². The number of hydrogen-bond donors (Lipinski definition) is 1. The highest BCUT2D eigenvalue weighted by atomic mass is 79.9. The Bertz CT molecular complexity index is 544. The van der Waals surface area contributed by atoms with Crippen LogP contribution in [0.3, 0.4) is 0 Å². The van der Waals surface area contributed by atoms with E-state index in [4.69, 9.17) is 0 Å². The first-order chi connectivity index (χ1) is 8.81. The zero-order valence-electron chi connectivity index (χ0n) is 10.6. The van der Waals surface area contributed by atoms with Crippen molar-refractivity contribution in [1.82, 2.24) is 5.32 Å². The molecule has 0 amide bonds. The van der Waals surface area contributed by atoms with Crippen LogP contribution in [-0.4, -0.2) is 6.54 Å². The van der Waals surface area contributed by atoms with Crippen molar-refractivity contribution in [2.45, 2.75) is 32.2 Å². The van der Waals surface area contributed by atoms with Crippen LogP contribution in [-0.2, 0) is 0 Å². The summed E-state index contributed by atoms with van der Waals surface area (Å²) in [6.45, 7) is 3.25. The van der Waals surface area contributed by atoms with Gasteiger partial charge in [-0.15, -0.1) is 11.3 Å². The maximum absolute atomic E-state index is 3.69. The predicted molar refractivity (Wildman–Crippen MR) is 83.3 cm³/mol. The number of fused-ring (bicyclic) bond motifs is 1. The molecular formula is C15H18BrNS. The molecule has 1 heterocycles. The van der Waals surface area contributed by atoms with E-state index in [1.54, 1.807) is 0 Å². The summed E-state index contributed by atoms with van der Waals surface area (Å²) in [6, 6.07) is 7.09. The molecule has 1 N–H and O–H groups in total. The summed E-state index contributed by atoms with van der Waals surface area (Å²) in [4.78, 5) is 0. The molecule has 1 aliphatic carbocycles. The molecule has 3 heteroatoms. The van der Waals surface area contributed by atoms with E-state index in [2.05, 4.69) is 51.7 Å². The van der Waals surface area contributed by atoms with Gasteiger partial charge in [-0.2, -0.15) is 0 Å². The SMILES string of the molecule is CCNC(c1csc2c(Br)cccc12)C1CCC1. The number of thiophene rings is 1. The minimum atomic E-state index is 0.548. The summed E-state index contributed by atoms with van der Waals surface area (Å²) in [6.07, 6.45) is 4.16. The van der Waals surface area contributed by atoms with Crippen LogP contribution in [0.1, 0.15) is 37.8 Å². The molecule has 1 aromatic carbocycles. The van der Waals surface area contributed by atoms with Crippen LogP contribution in [0.25, 0.3) is 10.1 Å². The number of nitrogens with one attached hydrogen (secondary N) is 1. The first kappa shape index (κ1) is 12.6. The lowest BCUT2D eigenvalue weighted by molar-refractivity contribution is 0.234. The molecule has 0 aliphatic heterocycles. The fourth-order valence-corrected chi connectivity index (χ4v) is 4.46. The molecule has 0 spiro atoms. The second-order valence-electron chi connectivity index (χ2n) is 5.03. The topological polar surface area (TPSA) is 12.0 Å². The summed E-state index contributed by atoms with van der Waals surface area (Å²) < 4.78 is 2.61. The monoisotopic (exact) mass is 323 g/mol. The quantitative estimate of drug-likeness (QED) is 0.823. The average molecular weight is 324 g/mol. The molecule has 1 unspecified atom stereocenters. The summed E-state index contributed by atoms with van der Waals surface area (Å²) in [5, 5.41) is 7.46. The molecule has 96 valence electrons. The molecule has 0 bridgehead atoms. The van der Waals surface area contributed by atoms with E-state index in [-0.39, 0.29) is 0 Å². The molecule has 3 rings (SSSR count). The van der Waals surface area contributed by atoms with Gasteiger partial charge in [0.1, 0.15) is 0 Å². The number of rotatable bonds is 4. The minimum absolute atomic E-state index is 0.548. The maximum Gasteiger partial charge on any atom is 0.0488 e. The van der Waals surface area contributed by atoms with E-state index >= 15 is 0 Å². The predicted octanol–water partition coefficient (Wildman–Crippen LogP) is 5.11. The summed E-state index contributed by atoms with van der Waals surface area (Å²) >= 11 is 5.52. The van der Waals surface area contributed by atoms with Gasteiger partial charge in [-0.3, -0.25) is 0 Å². The third-order valence-corrected chi connectivity index (χ3v) is 5.93. The second-order valence-corrected chi connectivity index (χ2v) is 6.77. The Labute approximate surface area is 121 Å². The standard InChI is InChI=1S/C15H18BrNS/c1-2-17-14(10-5-3-6-10)12-9-18-15-11(12)7-4-8-13(15)16/h4,7-10,14,17H,2-3,5-6H2,1H3. The number of halogens is 1. The van der Waals surface area contributed by atoms with Crippen molar-refractivity contribution in [1.29, 1.82) is 0 Å². The Morgan fingerprint density at radius 2 is 2.28 bits per heavy atom. The first-order valence-corrected chi connectivity index (χ1v) is 8.37. The number of hydrogen-bond acceptors (Lipinski definition) is 2. The molecule has 2 aromatic rings. The zero-order valence-corrected chi connectivity index (χ0v) is 13.0. The lowest BCUT2D eigenvalue weighted by Crippen LogP contribution is -2.31. The van der Waals surface area contributed by atoms with Gasteiger partial charge in [-0.25, -0.2) is 0 Å². The van der Waals surface area contributed by atoms with E-state index < -0.39 is 0 Å². The van der Waals surface area contributed by atoms with E-state index in [1.165, 1.54) is 39.4 Å². The highest BCUT2D eigenvalue weighted by Crippen LogP contribution is 2.42. The zero-order chi connectivity index (χ0) is 12.5. The Hall–Kier alpha value is -0.380. The summed E-state index contributed by atoms with van der Waals surface area (Å²) in [5.41, 5.74) is 1.50. The van der Waals surface area contributed by atoms with Gasteiger partial charge in [0.15, 0.2) is 0 Å². The lowest BCUT2D eigenvalue weighted by Gasteiger charge is -2.34. The second kappa shape index (κ2) is 5.32. The first-order valence-electron chi connectivity index (χ1n) is 6.70. The van der Waals surface area contributed by atoms with Gasteiger partial charge in [0.05, 0.1) is 0 Å². The van der Waals surface area contributed by atoms with Crippen molar-refractivity contribution in [2.24, 2.45) is 5.92 Å². The number of benzene rings is 1. The molecule has 1 fully saturated rings. The minimum Gasteiger partial charge on any atom is -0.310 e. The third-order valence-electron chi connectivity index (χ3n) is 3.96. The molecule has 1 saturated carbocycles. The van der Waals surface area contributed by atoms with Crippen molar-refractivity contribution in [2.75, 3.05) is 6.54 Å². The smallest absolute Gasteiger partial charge is 0.0488 e. The van der Waals surface area contributed by atoms with Crippen LogP contribution < -0.4 is 5.32 Å². The van der Waals surface area contributed by atoms with Crippen molar-refractivity contribution in [3.05, 3.63) is 33.6 Å². The van der Waals surface area contributed by atoms with Crippen molar-refractivity contribution < 1.29 is 0 Å². The van der Waals surface area contributed by atoms with Gasteiger partial charge in [-0.1, -0.05) is 25.5 Å². The Kier molecular flexibility index (Phi) is 3.73. The Morgan fingerprint density at radius 1 is 1.44 bits per heavy atom. The molecule has 1 atom stereocenters.